The molecule has 0 unspecified atom stereocenters. The molecule has 0 atom stereocenters. The fourth-order valence-electron chi connectivity index (χ4n) is 2.72. The van der Waals surface area contributed by atoms with Gasteiger partial charge in [0, 0.05) is 42.0 Å². The van der Waals surface area contributed by atoms with E-state index >= 15 is 0 Å². The van der Waals surface area contributed by atoms with Crippen LogP contribution in [0.1, 0.15) is 32.0 Å². The van der Waals surface area contributed by atoms with Gasteiger partial charge in [0.2, 0.25) is 0 Å². The fourth-order valence-corrected chi connectivity index (χ4v) is 3.05. The van der Waals surface area contributed by atoms with Crippen molar-refractivity contribution in [1.82, 2.24) is 15.5 Å². The average molecular weight is 333 g/mol. The number of halogens is 1. The molecule has 3 rings (SSSR count). The number of piperazine rings is 1. The molecule has 0 radical (unpaired) electrons. The number of anilines is 1. The van der Waals surface area contributed by atoms with Gasteiger partial charge < -0.3 is 10.2 Å². The molecule has 2 heterocycles. The van der Waals surface area contributed by atoms with Crippen LogP contribution in [0.2, 0.25) is 5.02 Å². The standard InChI is InChI=1S/C16H19ClN4.C2H6/c1-10(2)12-8-13-11(3)19-20-16(14(13)9-15(12)17)21-6-4-18-5-7-21;1-2/h8-9,18H,1,4-7H2,2-3H3;1-2H3. The molecule has 1 N–H and O–H groups in total. The van der Waals surface area contributed by atoms with E-state index in [1.54, 1.807) is 0 Å². The van der Waals surface area contributed by atoms with Gasteiger partial charge in [-0.05, 0) is 37.1 Å². The van der Waals surface area contributed by atoms with Crippen LogP contribution in [0.4, 0.5) is 5.82 Å². The average Bonchev–Trinajstić information content (AvgIpc) is 2.57. The normalized spacial score (nSPS) is 14.4. The van der Waals surface area contributed by atoms with Crippen molar-refractivity contribution in [3.8, 4) is 0 Å². The minimum absolute atomic E-state index is 0.721. The van der Waals surface area contributed by atoms with Gasteiger partial charge in [-0.3, -0.25) is 0 Å². The van der Waals surface area contributed by atoms with Crippen molar-refractivity contribution in [2.75, 3.05) is 31.1 Å². The summed E-state index contributed by atoms with van der Waals surface area (Å²) in [6, 6.07) is 4.08. The van der Waals surface area contributed by atoms with E-state index in [0.29, 0.717) is 0 Å². The number of aryl methyl sites for hydroxylation is 1. The lowest BCUT2D eigenvalue weighted by Gasteiger charge is -2.29. The zero-order valence-electron chi connectivity index (χ0n) is 14.4. The lowest BCUT2D eigenvalue weighted by atomic mass is 10.0. The number of aromatic nitrogens is 2. The number of fused-ring (bicyclic) bond motifs is 1. The molecule has 1 aliphatic rings. The third-order valence-corrected chi connectivity index (χ3v) is 4.22. The highest BCUT2D eigenvalue weighted by atomic mass is 35.5. The summed E-state index contributed by atoms with van der Waals surface area (Å²) in [5.74, 6) is 0.923. The molecular weight excluding hydrogens is 308 g/mol. The van der Waals surface area contributed by atoms with Gasteiger partial charge in [0.25, 0.3) is 0 Å². The van der Waals surface area contributed by atoms with Crippen LogP contribution in [0.15, 0.2) is 18.7 Å². The molecule has 1 fully saturated rings. The van der Waals surface area contributed by atoms with Crippen LogP contribution in [0, 0.1) is 6.92 Å². The van der Waals surface area contributed by atoms with E-state index in [-0.39, 0.29) is 0 Å². The Labute approximate surface area is 143 Å². The number of nitrogens with one attached hydrogen (secondary N) is 1. The summed E-state index contributed by atoms with van der Waals surface area (Å²) in [6.45, 7) is 15.7. The molecule has 0 bridgehead atoms. The van der Waals surface area contributed by atoms with E-state index < -0.39 is 0 Å². The van der Waals surface area contributed by atoms with Crippen molar-refractivity contribution < 1.29 is 0 Å². The molecule has 1 aromatic carbocycles. The molecule has 4 nitrogen and oxygen atoms in total. The summed E-state index contributed by atoms with van der Waals surface area (Å²) in [4.78, 5) is 2.27. The number of hydrogen-bond donors (Lipinski definition) is 1. The van der Waals surface area contributed by atoms with Crippen LogP contribution in [-0.2, 0) is 0 Å². The van der Waals surface area contributed by atoms with E-state index in [2.05, 4.69) is 33.1 Å². The van der Waals surface area contributed by atoms with Crippen LogP contribution in [0.25, 0.3) is 16.3 Å². The van der Waals surface area contributed by atoms with Gasteiger partial charge in [-0.15, -0.1) is 5.10 Å². The van der Waals surface area contributed by atoms with E-state index in [4.69, 9.17) is 11.6 Å². The lowest BCUT2D eigenvalue weighted by Crippen LogP contribution is -2.44. The summed E-state index contributed by atoms with van der Waals surface area (Å²) < 4.78 is 0. The summed E-state index contributed by atoms with van der Waals surface area (Å²) in [5.41, 5.74) is 2.86. The topological polar surface area (TPSA) is 41.1 Å². The Morgan fingerprint density at radius 1 is 1.17 bits per heavy atom. The van der Waals surface area contributed by atoms with Crippen molar-refractivity contribution in [3.05, 3.63) is 35.0 Å². The molecule has 1 aliphatic heterocycles. The molecule has 1 aromatic heterocycles. The predicted octanol–water partition coefficient (Wildman–Crippen LogP) is 4.06. The molecule has 124 valence electrons. The largest absolute Gasteiger partial charge is 0.352 e. The first-order valence-corrected chi connectivity index (χ1v) is 8.54. The minimum atomic E-state index is 0.721. The summed E-state index contributed by atoms with van der Waals surface area (Å²) in [7, 11) is 0. The van der Waals surface area contributed by atoms with Gasteiger partial charge >= 0.3 is 0 Å². The maximum Gasteiger partial charge on any atom is 0.159 e. The molecule has 23 heavy (non-hydrogen) atoms. The molecule has 0 spiro atoms. The second kappa shape index (κ2) is 7.75. The highest BCUT2D eigenvalue weighted by molar-refractivity contribution is 6.33. The Kier molecular flexibility index (Phi) is 5.97. The Hall–Kier alpha value is -1.65. The van der Waals surface area contributed by atoms with Gasteiger partial charge in [0.15, 0.2) is 5.82 Å². The molecule has 0 aliphatic carbocycles. The predicted molar refractivity (Wildman–Crippen MR) is 100 cm³/mol. The van der Waals surface area contributed by atoms with E-state index in [1.165, 1.54) is 0 Å². The summed E-state index contributed by atoms with van der Waals surface area (Å²) in [5, 5.41) is 15.0. The molecule has 0 saturated carbocycles. The third kappa shape index (κ3) is 3.65. The van der Waals surface area contributed by atoms with Crippen LogP contribution >= 0.6 is 11.6 Å². The van der Waals surface area contributed by atoms with Gasteiger partial charge in [0.1, 0.15) is 0 Å². The first-order chi connectivity index (χ1) is 11.1. The smallest absolute Gasteiger partial charge is 0.159 e. The van der Waals surface area contributed by atoms with E-state index in [9.17, 15) is 0 Å². The first-order valence-electron chi connectivity index (χ1n) is 8.16. The summed E-state index contributed by atoms with van der Waals surface area (Å²) in [6.07, 6.45) is 0. The quantitative estimate of drug-likeness (QED) is 0.900. The Morgan fingerprint density at radius 2 is 1.83 bits per heavy atom. The van der Waals surface area contributed by atoms with Crippen molar-refractivity contribution in [2.45, 2.75) is 27.7 Å². The molecular formula is C18H25ClN4. The second-order valence-electron chi connectivity index (χ2n) is 5.50. The van der Waals surface area contributed by atoms with Gasteiger partial charge in [-0.1, -0.05) is 32.0 Å². The van der Waals surface area contributed by atoms with Crippen LogP contribution in [-0.4, -0.2) is 36.4 Å². The number of rotatable bonds is 2. The lowest BCUT2D eigenvalue weighted by molar-refractivity contribution is 0.584. The SMILES string of the molecule is C=C(C)c1cc2c(C)nnc(N3CCNCC3)c2cc1Cl.CC. The zero-order chi connectivity index (χ0) is 17.0. The number of benzene rings is 1. The highest BCUT2D eigenvalue weighted by Crippen LogP contribution is 2.33. The molecule has 5 heteroatoms. The van der Waals surface area contributed by atoms with Crippen molar-refractivity contribution in [2.24, 2.45) is 0 Å². The number of allylic oxidation sites excluding steroid dienone is 1. The Bertz CT molecular complexity index is 706. The van der Waals surface area contributed by atoms with Gasteiger partial charge in [-0.25, -0.2) is 0 Å². The van der Waals surface area contributed by atoms with Crippen LogP contribution < -0.4 is 10.2 Å². The van der Waals surface area contributed by atoms with Crippen molar-refractivity contribution in [1.29, 1.82) is 0 Å². The number of nitrogens with zero attached hydrogens (tertiary/aromatic N) is 3. The Balaban J connectivity index is 0.000000924. The maximum absolute atomic E-state index is 6.42. The maximum atomic E-state index is 6.42. The summed E-state index contributed by atoms with van der Waals surface area (Å²) >= 11 is 6.42. The van der Waals surface area contributed by atoms with Gasteiger partial charge in [0.05, 0.1) is 5.69 Å². The van der Waals surface area contributed by atoms with E-state index in [0.717, 1.165) is 64.6 Å². The first kappa shape index (κ1) is 17.7. The highest BCUT2D eigenvalue weighted by Gasteiger charge is 2.18. The van der Waals surface area contributed by atoms with Crippen molar-refractivity contribution in [3.63, 3.8) is 0 Å². The minimum Gasteiger partial charge on any atom is -0.352 e. The zero-order valence-corrected chi connectivity index (χ0v) is 15.2. The molecule has 0 amide bonds. The number of hydrogen-bond acceptors (Lipinski definition) is 4. The van der Waals surface area contributed by atoms with Gasteiger partial charge in [-0.2, -0.15) is 5.10 Å². The third-order valence-electron chi connectivity index (χ3n) is 3.91. The monoisotopic (exact) mass is 332 g/mol. The fraction of sp³-hybridized carbons (Fsp3) is 0.444. The molecule has 1 saturated heterocycles. The van der Waals surface area contributed by atoms with Crippen LogP contribution in [0.3, 0.4) is 0 Å². The van der Waals surface area contributed by atoms with Crippen LogP contribution in [0.5, 0.6) is 0 Å². The van der Waals surface area contributed by atoms with Crippen molar-refractivity contribution >= 4 is 33.8 Å². The Morgan fingerprint density at radius 3 is 2.43 bits per heavy atom. The van der Waals surface area contributed by atoms with E-state index in [1.807, 2.05) is 33.8 Å². The second-order valence-corrected chi connectivity index (χ2v) is 5.91. The molecule has 2 aromatic rings.